The molecule has 4 aromatic rings. The number of ether oxygens (including phenoxy) is 1. The molecule has 0 spiro atoms. The van der Waals surface area contributed by atoms with E-state index in [-0.39, 0.29) is 11.7 Å². The monoisotopic (exact) mass is 516 g/mol. The van der Waals surface area contributed by atoms with Gasteiger partial charge in [0.05, 0.1) is 12.3 Å². The van der Waals surface area contributed by atoms with Gasteiger partial charge in [-0.05, 0) is 67.8 Å². The van der Waals surface area contributed by atoms with Gasteiger partial charge < -0.3 is 14.3 Å². The van der Waals surface area contributed by atoms with E-state index in [0.29, 0.717) is 37.6 Å². The van der Waals surface area contributed by atoms with Crippen molar-refractivity contribution in [3.05, 3.63) is 107 Å². The molecule has 4 rings (SSSR count). The van der Waals surface area contributed by atoms with Gasteiger partial charge >= 0.3 is 5.97 Å². The SMILES string of the molecule is CCC(c1ccc(OCCc2nc(-c3ccc(C)cc3)oc2C)cc1)C(NCc1ccc(F)cc1)C(=O)O. The van der Waals surface area contributed by atoms with E-state index in [9.17, 15) is 14.3 Å². The smallest absolute Gasteiger partial charge is 0.321 e. The number of aromatic nitrogens is 1. The molecule has 198 valence electrons. The van der Waals surface area contributed by atoms with Crippen LogP contribution in [0.2, 0.25) is 0 Å². The first-order chi connectivity index (χ1) is 18.3. The number of hydrogen-bond donors (Lipinski definition) is 2. The highest BCUT2D eigenvalue weighted by atomic mass is 19.1. The number of oxazole rings is 1. The van der Waals surface area contributed by atoms with Gasteiger partial charge in [-0.1, -0.05) is 48.9 Å². The number of hydrogen-bond acceptors (Lipinski definition) is 5. The van der Waals surface area contributed by atoms with Crippen molar-refractivity contribution >= 4 is 5.97 Å². The fourth-order valence-electron chi connectivity index (χ4n) is 4.45. The van der Waals surface area contributed by atoms with E-state index in [0.717, 1.165) is 28.1 Å². The lowest BCUT2D eigenvalue weighted by molar-refractivity contribution is -0.140. The zero-order valence-corrected chi connectivity index (χ0v) is 21.9. The molecule has 0 saturated carbocycles. The van der Waals surface area contributed by atoms with Crippen molar-refractivity contribution in [3.63, 3.8) is 0 Å². The molecular formula is C31H33FN2O4. The van der Waals surface area contributed by atoms with Crippen LogP contribution in [0.25, 0.3) is 11.5 Å². The highest BCUT2D eigenvalue weighted by molar-refractivity contribution is 5.75. The Hall–Kier alpha value is -3.97. The maximum absolute atomic E-state index is 13.2. The van der Waals surface area contributed by atoms with E-state index in [1.807, 2.05) is 69.3 Å². The topological polar surface area (TPSA) is 84.6 Å². The molecule has 2 unspecified atom stereocenters. The lowest BCUT2D eigenvalue weighted by Gasteiger charge is -2.24. The van der Waals surface area contributed by atoms with Gasteiger partial charge in [-0.15, -0.1) is 0 Å². The molecule has 0 aliphatic carbocycles. The summed E-state index contributed by atoms with van der Waals surface area (Å²) in [6.07, 6.45) is 1.25. The fourth-order valence-corrected chi connectivity index (χ4v) is 4.45. The van der Waals surface area contributed by atoms with Crippen molar-refractivity contribution in [1.29, 1.82) is 0 Å². The Morgan fingerprint density at radius 2 is 1.71 bits per heavy atom. The van der Waals surface area contributed by atoms with E-state index in [4.69, 9.17) is 9.15 Å². The minimum absolute atomic E-state index is 0.236. The number of aryl methyl sites for hydroxylation is 2. The molecule has 0 aliphatic heterocycles. The van der Waals surface area contributed by atoms with Crippen LogP contribution in [-0.4, -0.2) is 28.7 Å². The molecule has 2 atom stereocenters. The second-order valence-corrected chi connectivity index (χ2v) is 9.39. The number of carbonyl (C=O) groups is 1. The number of rotatable bonds is 12. The first-order valence-electron chi connectivity index (χ1n) is 12.8. The van der Waals surface area contributed by atoms with Crippen molar-refractivity contribution in [1.82, 2.24) is 10.3 Å². The third kappa shape index (κ3) is 6.86. The van der Waals surface area contributed by atoms with Gasteiger partial charge in [-0.2, -0.15) is 0 Å². The van der Waals surface area contributed by atoms with Crippen LogP contribution in [0.15, 0.2) is 77.2 Å². The lowest BCUT2D eigenvalue weighted by Crippen LogP contribution is -2.41. The van der Waals surface area contributed by atoms with Crippen LogP contribution in [0, 0.1) is 19.7 Å². The minimum Gasteiger partial charge on any atom is -0.493 e. The average molecular weight is 517 g/mol. The fraction of sp³-hybridized carbons (Fsp3) is 0.290. The van der Waals surface area contributed by atoms with Crippen LogP contribution in [0.5, 0.6) is 5.75 Å². The number of halogens is 1. The van der Waals surface area contributed by atoms with Crippen LogP contribution in [0.3, 0.4) is 0 Å². The zero-order chi connectivity index (χ0) is 27.1. The molecule has 0 amide bonds. The zero-order valence-electron chi connectivity index (χ0n) is 21.9. The van der Waals surface area contributed by atoms with Gasteiger partial charge in [0.1, 0.15) is 23.4 Å². The summed E-state index contributed by atoms with van der Waals surface area (Å²) < 4.78 is 25.0. The van der Waals surface area contributed by atoms with Gasteiger partial charge in [-0.3, -0.25) is 10.1 Å². The predicted octanol–water partition coefficient (Wildman–Crippen LogP) is 6.46. The predicted molar refractivity (Wildman–Crippen MR) is 145 cm³/mol. The van der Waals surface area contributed by atoms with Crippen molar-refractivity contribution in [3.8, 4) is 17.2 Å². The molecule has 2 N–H and O–H groups in total. The number of aliphatic carboxylic acids is 1. The summed E-state index contributed by atoms with van der Waals surface area (Å²) in [6.45, 7) is 6.69. The molecule has 6 nitrogen and oxygen atoms in total. The Bertz CT molecular complexity index is 1330. The second kappa shape index (κ2) is 12.5. The largest absolute Gasteiger partial charge is 0.493 e. The van der Waals surface area contributed by atoms with E-state index >= 15 is 0 Å². The normalized spacial score (nSPS) is 12.7. The highest BCUT2D eigenvalue weighted by Crippen LogP contribution is 2.27. The van der Waals surface area contributed by atoms with Crippen LogP contribution in [0.1, 0.15) is 47.4 Å². The Morgan fingerprint density at radius 1 is 1.03 bits per heavy atom. The second-order valence-electron chi connectivity index (χ2n) is 9.39. The number of benzene rings is 3. The molecule has 0 radical (unpaired) electrons. The summed E-state index contributed by atoms with van der Waals surface area (Å²) >= 11 is 0. The molecule has 1 heterocycles. The summed E-state index contributed by atoms with van der Waals surface area (Å²) in [7, 11) is 0. The van der Waals surface area contributed by atoms with Crippen molar-refractivity contribution in [2.75, 3.05) is 6.61 Å². The maximum atomic E-state index is 13.2. The van der Waals surface area contributed by atoms with E-state index < -0.39 is 12.0 Å². The molecule has 7 heteroatoms. The average Bonchev–Trinajstić information content (AvgIpc) is 3.28. The molecule has 3 aromatic carbocycles. The Labute approximate surface area is 222 Å². The Balaban J connectivity index is 1.34. The Kier molecular flexibility index (Phi) is 8.92. The molecule has 0 fully saturated rings. The number of carboxylic acids is 1. The standard InChI is InChI=1S/C31H33FN2O4/c1-4-27(29(31(35)36)33-19-22-7-13-25(32)14-8-22)23-11-15-26(16-12-23)37-18-17-28-21(3)38-30(34-28)24-9-5-20(2)6-10-24/h5-16,27,29,33H,4,17-19H2,1-3H3,(H,35,36). The van der Waals surface area contributed by atoms with Crippen LogP contribution in [-0.2, 0) is 17.8 Å². The summed E-state index contributed by atoms with van der Waals surface area (Å²) in [4.78, 5) is 16.7. The van der Waals surface area contributed by atoms with Crippen LogP contribution >= 0.6 is 0 Å². The van der Waals surface area contributed by atoms with Crippen molar-refractivity contribution < 1.29 is 23.4 Å². The Morgan fingerprint density at radius 3 is 2.34 bits per heavy atom. The van der Waals surface area contributed by atoms with Gasteiger partial charge in [0.15, 0.2) is 0 Å². The summed E-state index contributed by atoms with van der Waals surface area (Å²) in [6, 6.07) is 20.9. The van der Waals surface area contributed by atoms with E-state index in [1.54, 1.807) is 12.1 Å². The molecule has 1 aromatic heterocycles. The van der Waals surface area contributed by atoms with E-state index in [2.05, 4.69) is 10.3 Å². The first-order valence-corrected chi connectivity index (χ1v) is 12.8. The van der Waals surface area contributed by atoms with Gasteiger partial charge in [0.2, 0.25) is 5.89 Å². The minimum atomic E-state index is -0.924. The molecular weight excluding hydrogens is 483 g/mol. The van der Waals surface area contributed by atoms with E-state index in [1.165, 1.54) is 17.7 Å². The number of nitrogens with zero attached hydrogens (tertiary/aromatic N) is 1. The van der Waals surface area contributed by atoms with Crippen LogP contribution < -0.4 is 10.1 Å². The van der Waals surface area contributed by atoms with Crippen molar-refractivity contribution in [2.45, 2.75) is 52.1 Å². The van der Waals surface area contributed by atoms with Crippen molar-refractivity contribution in [2.24, 2.45) is 0 Å². The molecule has 0 aliphatic rings. The summed E-state index contributed by atoms with van der Waals surface area (Å²) in [5, 5.41) is 13.0. The molecule has 0 bridgehead atoms. The number of carboxylic acid groups (broad SMARTS) is 1. The maximum Gasteiger partial charge on any atom is 0.321 e. The van der Waals surface area contributed by atoms with Crippen LogP contribution in [0.4, 0.5) is 4.39 Å². The van der Waals surface area contributed by atoms with Gasteiger partial charge in [0.25, 0.3) is 0 Å². The third-order valence-electron chi connectivity index (χ3n) is 6.65. The summed E-state index contributed by atoms with van der Waals surface area (Å²) in [5.74, 6) is 0.606. The lowest BCUT2D eigenvalue weighted by atomic mass is 9.89. The van der Waals surface area contributed by atoms with Gasteiger partial charge in [0, 0.05) is 24.4 Å². The van der Waals surface area contributed by atoms with Gasteiger partial charge in [-0.25, -0.2) is 9.37 Å². The molecule has 38 heavy (non-hydrogen) atoms. The third-order valence-corrected chi connectivity index (χ3v) is 6.65. The quantitative estimate of drug-likeness (QED) is 0.225. The molecule has 0 saturated heterocycles. The number of nitrogens with one attached hydrogen (secondary N) is 1. The first kappa shape index (κ1) is 27.1. The summed E-state index contributed by atoms with van der Waals surface area (Å²) in [5.41, 5.74) is 4.72. The highest BCUT2D eigenvalue weighted by Gasteiger charge is 2.28.